The van der Waals surface area contributed by atoms with Gasteiger partial charge in [-0.1, -0.05) is 23.7 Å². The molecule has 0 aliphatic carbocycles. The zero-order chi connectivity index (χ0) is 14.8. The molecule has 106 valence electrons. The third-order valence-corrected chi connectivity index (χ3v) is 3.96. The Hall–Kier alpha value is -1.66. The minimum atomic E-state index is -3.84. The van der Waals surface area contributed by atoms with Gasteiger partial charge in [0, 0.05) is 11.1 Å². The SMILES string of the molecule is O=S(=O)(Cc1ccc(Cl)cc1)Nc1cc(F)ccc1F. The lowest BCUT2D eigenvalue weighted by Crippen LogP contribution is -2.16. The maximum Gasteiger partial charge on any atom is 0.237 e. The molecule has 0 fully saturated rings. The summed E-state index contributed by atoms with van der Waals surface area (Å²) in [5.74, 6) is -1.93. The molecule has 1 N–H and O–H groups in total. The van der Waals surface area contributed by atoms with Crippen LogP contribution in [-0.2, 0) is 15.8 Å². The van der Waals surface area contributed by atoms with Gasteiger partial charge in [0.15, 0.2) is 0 Å². The second-order valence-corrected chi connectivity index (χ2v) is 6.27. The number of nitrogens with one attached hydrogen (secondary N) is 1. The maximum absolute atomic E-state index is 13.4. The lowest BCUT2D eigenvalue weighted by Gasteiger charge is -2.09. The summed E-state index contributed by atoms with van der Waals surface area (Å²) in [6.45, 7) is 0. The number of sulfonamides is 1. The molecule has 0 atom stereocenters. The Morgan fingerprint density at radius 3 is 2.35 bits per heavy atom. The molecule has 7 heteroatoms. The summed E-state index contributed by atoms with van der Waals surface area (Å²) >= 11 is 5.69. The van der Waals surface area contributed by atoms with Gasteiger partial charge in [-0.25, -0.2) is 17.2 Å². The van der Waals surface area contributed by atoms with Crippen LogP contribution in [0.25, 0.3) is 0 Å². The number of benzene rings is 2. The van der Waals surface area contributed by atoms with Crippen molar-refractivity contribution in [1.82, 2.24) is 0 Å². The van der Waals surface area contributed by atoms with Crippen molar-refractivity contribution in [2.75, 3.05) is 4.72 Å². The molecular formula is C13H10ClF2NO2S. The fraction of sp³-hybridized carbons (Fsp3) is 0.0769. The van der Waals surface area contributed by atoms with Crippen molar-refractivity contribution in [3.63, 3.8) is 0 Å². The zero-order valence-corrected chi connectivity index (χ0v) is 11.7. The van der Waals surface area contributed by atoms with E-state index in [4.69, 9.17) is 11.6 Å². The lowest BCUT2D eigenvalue weighted by molar-refractivity contribution is 0.594. The fourth-order valence-corrected chi connectivity index (χ4v) is 2.90. The Morgan fingerprint density at radius 1 is 1.05 bits per heavy atom. The molecule has 2 aromatic rings. The second-order valence-electron chi connectivity index (χ2n) is 4.11. The molecule has 0 saturated heterocycles. The van der Waals surface area contributed by atoms with Crippen molar-refractivity contribution in [2.24, 2.45) is 0 Å². The summed E-state index contributed by atoms with van der Waals surface area (Å²) in [5, 5.41) is 0.482. The van der Waals surface area contributed by atoms with Crippen LogP contribution < -0.4 is 4.72 Å². The lowest BCUT2D eigenvalue weighted by atomic mass is 10.2. The predicted molar refractivity (Wildman–Crippen MR) is 74.1 cm³/mol. The van der Waals surface area contributed by atoms with Gasteiger partial charge in [-0.2, -0.15) is 0 Å². The fourth-order valence-electron chi connectivity index (χ4n) is 1.58. The second kappa shape index (κ2) is 5.76. The quantitative estimate of drug-likeness (QED) is 0.937. The van der Waals surface area contributed by atoms with Crippen LogP contribution in [0, 0.1) is 11.6 Å². The summed E-state index contributed by atoms with van der Waals surface area (Å²) in [6, 6.07) is 8.74. The third-order valence-electron chi connectivity index (χ3n) is 2.46. The van der Waals surface area contributed by atoms with E-state index in [-0.39, 0.29) is 5.75 Å². The van der Waals surface area contributed by atoms with Crippen LogP contribution >= 0.6 is 11.6 Å². The summed E-state index contributed by atoms with van der Waals surface area (Å²) in [7, 11) is -3.84. The van der Waals surface area contributed by atoms with Crippen LogP contribution in [0.2, 0.25) is 5.02 Å². The predicted octanol–water partition coefficient (Wildman–Crippen LogP) is 3.56. The van der Waals surface area contributed by atoms with Crippen LogP contribution in [-0.4, -0.2) is 8.42 Å². The summed E-state index contributed by atoms with van der Waals surface area (Å²) in [6.07, 6.45) is 0. The first-order valence-electron chi connectivity index (χ1n) is 5.56. The van der Waals surface area contributed by atoms with Gasteiger partial charge in [0.2, 0.25) is 10.0 Å². The van der Waals surface area contributed by atoms with E-state index in [1.165, 1.54) is 0 Å². The molecule has 0 saturated carbocycles. The van der Waals surface area contributed by atoms with Gasteiger partial charge in [-0.3, -0.25) is 4.72 Å². The standard InChI is InChI=1S/C13H10ClF2NO2S/c14-10-3-1-9(2-4-10)8-20(18,19)17-13-7-11(15)5-6-12(13)16/h1-7,17H,8H2. The topological polar surface area (TPSA) is 46.2 Å². The average Bonchev–Trinajstić information content (AvgIpc) is 2.36. The molecule has 2 aromatic carbocycles. The normalized spacial score (nSPS) is 11.3. The van der Waals surface area contributed by atoms with Crippen molar-refractivity contribution < 1.29 is 17.2 Å². The summed E-state index contributed by atoms with van der Waals surface area (Å²) in [4.78, 5) is 0. The molecule has 0 radical (unpaired) electrons. The highest BCUT2D eigenvalue weighted by molar-refractivity contribution is 7.91. The van der Waals surface area contributed by atoms with Crippen molar-refractivity contribution in [3.8, 4) is 0 Å². The smallest absolute Gasteiger partial charge is 0.237 e. The highest BCUT2D eigenvalue weighted by Gasteiger charge is 2.14. The average molecular weight is 318 g/mol. The van der Waals surface area contributed by atoms with Gasteiger partial charge in [-0.15, -0.1) is 0 Å². The Balaban J connectivity index is 2.19. The molecule has 2 rings (SSSR count). The monoisotopic (exact) mass is 317 g/mol. The number of anilines is 1. The first kappa shape index (κ1) is 14.7. The van der Waals surface area contributed by atoms with Gasteiger partial charge in [0.25, 0.3) is 0 Å². The minimum absolute atomic E-state index is 0.361. The molecule has 0 spiro atoms. The number of halogens is 3. The summed E-state index contributed by atoms with van der Waals surface area (Å²) in [5.41, 5.74) is 0.0673. The maximum atomic E-state index is 13.4. The van der Waals surface area contributed by atoms with Crippen molar-refractivity contribution in [3.05, 3.63) is 64.7 Å². The Bertz CT molecular complexity index is 718. The molecule has 3 nitrogen and oxygen atoms in total. The van der Waals surface area contributed by atoms with Gasteiger partial charge < -0.3 is 0 Å². The van der Waals surface area contributed by atoms with Crippen LogP contribution in [0.1, 0.15) is 5.56 Å². The molecule has 0 aliphatic rings. The molecule has 0 aliphatic heterocycles. The number of hydrogen-bond donors (Lipinski definition) is 1. The molecular weight excluding hydrogens is 308 g/mol. The van der Waals surface area contributed by atoms with E-state index in [9.17, 15) is 17.2 Å². The van der Waals surface area contributed by atoms with Gasteiger partial charge in [0.05, 0.1) is 11.4 Å². The van der Waals surface area contributed by atoms with E-state index in [1.54, 1.807) is 24.3 Å². The highest BCUT2D eigenvalue weighted by atomic mass is 35.5. The minimum Gasteiger partial charge on any atom is -0.280 e. The number of rotatable bonds is 4. The van der Waals surface area contributed by atoms with E-state index in [2.05, 4.69) is 0 Å². The van der Waals surface area contributed by atoms with Gasteiger partial charge in [-0.05, 0) is 29.8 Å². The van der Waals surface area contributed by atoms with Crippen molar-refractivity contribution in [2.45, 2.75) is 5.75 Å². The van der Waals surface area contributed by atoms with Crippen molar-refractivity contribution in [1.29, 1.82) is 0 Å². The Labute approximate surface area is 120 Å². The van der Waals surface area contributed by atoms with E-state index >= 15 is 0 Å². The Morgan fingerprint density at radius 2 is 1.70 bits per heavy atom. The van der Waals surface area contributed by atoms with Crippen LogP contribution in [0.5, 0.6) is 0 Å². The molecule has 0 bridgehead atoms. The third kappa shape index (κ3) is 3.91. The van der Waals surface area contributed by atoms with Gasteiger partial charge >= 0.3 is 0 Å². The molecule has 20 heavy (non-hydrogen) atoms. The summed E-state index contributed by atoms with van der Waals surface area (Å²) < 4.78 is 52.1. The molecule has 0 aromatic heterocycles. The Kier molecular flexibility index (Phi) is 4.25. The molecule has 0 unspecified atom stereocenters. The first-order valence-corrected chi connectivity index (χ1v) is 7.59. The van der Waals surface area contributed by atoms with E-state index < -0.39 is 27.3 Å². The van der Waals surface area contributed by atoms with Crippen LogP contribution in [0.4, 0.5) is 14.5 Å². The first-order chi connectivity index (χ1) is 9.35. The largest absolute Gasteiger partial charge is 0.280 e. The van der Waals surface area contributed by atoms with Crippen LogP contribution in [0.15, 0.2) is 42.5 Å². The molecule has 0 heterocycles. The molecule has 0 amide bonds. The van der Waals surface area contributed by atoms with E-state index in [0.717, 1.165) is 18.2 Å². The highest BCUT2D eigenvalue weighted by Crippen LogP contribution is 2.19. The number of hydrogen-bond acceptors (Lipinski definition) is 2. The van der Waals surface area contributed by atoms with Crippen molar-refractivity contribution >= 4 is 27.3 Å². The van der Waals surface area contributed by atoms with Gasteiger partial charge in [0.1, 0.15) is 11.6 Å². The van der Waals surface area contributed by atoms with E-state index in [1.807, 2.05) is 4.72 Å². The zero-order valence-electron chi connectivity index (χ0n) is 10.1. The van der Waals surface area contributed by atoms with Crippen LogP contribution in [0.3, 0.4) is 0 Å². The van der Waals surface area contributed by atoms with E-state index in [0.29, 0.717) is 10.6 Å².